The quantitative estimate of drug-likeness (QED) is 0.659. The summed E-state index contributed by atoms with van der Waals surface area (Å²) in [6.45, 7) is -0.543. The number of rotatable bonds is 5. The van der Waals surface area contributed by atoms with Crippen molar-refractivity contribution in [3.63, 3.8) is 0 Å². The molecule has 1 heterocycles. The largest absolute Gasteiger partial charge is 0.478 e. The second kappa shape index (κ2) is 7.24. The van der Waals surface area contributed by atoms with Crippen molar-refractivity contribution in [1.29, 1.82) is 0 Å². The Labute approximate surface area is 151 Å². The molecule has 1 amide bonds. The van der Waals surface area contributed by atoms with Crippen LogP contribution in [0.5, 0.6) is 0 Å². The zero-order valence-electron chi connectivity index (χ0n) is 13.1. The van der Waals surface area contributed by atoms with Gasteiger partial charge in [-0.05, 0) is 36.4 Å². The minimum absolute atomic E-state index is 0.0461. The summed E-state index contributed by atoms with van der Waals surface area (Å²) in [4.78, 5) is 38.8. The molecule has 0 bridgehead atoms. The van der Waals surface area contributed by atoms with Crippen molar-refractivity contribution >= 4 is 46.2 Å². The number of carbonyl (C=O) groups is 3. The first-order valence-corrected chi connectivity index (χ1v) is 7.65. The lowest BCUT2D eigenvalue weighted by Crippen LogP contribution is -2.21. The molecule has 0 aliphatic rings. The van der Waals surface area contributed by atoms with Gasteiger partial charge >= 0.3 is 11.9 Å². The number of aromatic carboxylic acids is 1. The van der Waals surface area contributed by atoms with Gasteiger partial charge in [0.25, 0.3) is 5.91 Å². The van der Waals surface area contributed by atoms with Crippen LogP contribution in [0, 0.1) is 0 Å². The highest BCUT2D eigenvalue weighted by Crippen LogP contribution is 2.20. The maximum absolute atomic E-state index is 12.0. The lowest BCUT2D eigenvalue weighted by Gasteiger charge is -2.08. The van der Waals surface area contributed by atoms with Gasteiger partial charge < -0.3 is 19.6 Å². The highest BCUT2D eigenvalue weighted by molar-refractivity contribution is 6.33. The van der Waals surface area contributed by atoms with E-state index in [4.69, 9.17) is 25.9 Å². The Morgan fingerprint density at radius 2 is 2.00 bits per heavy atom. The molecule has 8 nitrogen and oxygen atoms in total. The molecule has 2 aromatic carbocycles. The molecule has 0 unspecified atom stereocenters. The van der Waals surface area contributed by atoms with Crippen molar-refractivity contribution in [2.75, 3.05) is 11.9 Å². The lowest BCUT2D eigenvalue weighted by molar-refractivity contribution is -0.119. The molecule has 1 aromatic heterocycles. The topological polar surface area (TPSA) is 119 Å². The number of hydrogen-bond donors (Lipinski definition) is 2. The number of carbonyl (C=O) groups excluding carboxylic acids is 2. The van der Waals surface area contributed by atoms with Crippen LogP contribution in [0.1, 0.15) is 20.7 Å². The van der Waals surface area contributed by atoms with Gasteiger partial charge in [-0.25, -0.2) is 14.6 Å². The first-order valence-electron chi connectivity index (χ1n) is 7.27. The summed E-state index contributed by atoms with van der Waals surface area (Å²) in [7, 11) is 0. The monoisotopic (exact) mass is 374 g/mol. The lowest BCUT2D eigenvalue weighted by atomic mass is 10.2. The number of anilines is 1. The van der Waals surface area contributed by atoms with E-state index < -0.39 is 24.5 Å². The van der Waals surface area contributed by atoms with Crippen LogP contribution < -0.4 is 5.32 Å². The SMILES string of the molecule is O=C(COC(=O)c1ccc2ncoc2c1)Nc1ccc(Cl)c(C(=O)O)c1. The minimum atomic E-state index is -1.22. The molecule has 26 heavy (non-hydrogen) atoms. The number of amides is 1. The Hall–Kier alpha value is -3.39. The minimum Gasteiger partial charge on any atom is -0.478 e. The van der Waals surface area contributed by atoms with Gasteiger partial charge in [0.15, 0.2) is 18.6 Å². The normalized spacial score (nSPS) is 10.5. The zero-order chi connectivity index (χ0) is 18.7. The van der Waals surface area contributed by atoms with Crippen LogP contribution in [-0.2, 0) is 9.53 Å². The summed E-state index contributed by atoms with van der Waals surface area (Å²) >= 11 is 5.76. The second-order valence-electron chi connectivity index (χ2n) is 5.16. The fraction of sp³-hybridized carbons (Fsp3) is 0.0588. The molecule has 0 saturated carbocycles. The van der Waals surface area contributed by atoms with E-state index in [2.05, 4.69) is 10.3 Å². The number of halogens is 1. The van der Waals surface area contributed by atoms with Gasteiger partial charge in [-0.3, -0.25) is 4.79 Å². The van der Waals surface area contributed by atoms with E-state index in [9.17, 15) is 14.4 Å². The third kappa shape index (κ3) is 3.81. The fourth-order valence-electron chi connectivity index (χ4n) is 2.16. The van der Waals surface area contributed by atoms with Gasteiger partial charge in [0.1, 0.15) is 5.52 Å². The number of carboxylic acid groups (broad SMARTS) is 1. The van der Waals surface area contributed by atoms with Gasteiger partial charge in [-0.2, -0.15) is 0 Å². The smallest absolute Gasteiger partial charge is 0.338 e. The predicted molar refractivity (Wildman–Crippen MR) is 91.3 cm³/mol. The molecule has 2 N–H and O–H groups in total. The van der Waals surface area contributed by atoms with Crippen molar-refractivity contribution in [2.45, 2.75) is 0 Å². The summed E-state index contributed by atoms with van der Waals surface area (Å²) in [6, 6.07) is 8.55. The van der Waals surface area contributed by atoms with E-state index >= 15 is 0 Å². The molecular weight excluding hydrogens is 364 g/mol. The third-order valence-corrected chi connectivity index (χ3v) is 3.71. The Balaban J connectivity index is 1.60. The van der Waals surface area contributed by atoms with Gasteiger partial charge in [-0.15, -0.1) is 0 Å². The average Bonchev–Trinajstić information content (AvgIpc) is 3.08. The molecule has 9 heteroatoms. The van der Waals surface area contributed by atoms with E-state index in [0.29, 0.717) is 11.1 Å². The number of nitrogens with zero attached hydrogens (tertiary/aromatic N) is 1. The molecule has 0 atom stereocenters. The predicted octanol–water partition coefficient (Wildman–Crippen LogP) is 2.97. The van der Waals surface area contributed by atoms with E-state index in [0.717, 1.165) is 0 Å². The Bertz CT molecular complexity index is 1010. The maximum atomic E-state index is 12.0. The van der Waals surface area contributed by atoms with Crippen molar-refractivity contribution in [3.05, 3.63) is 58.9 Å². The van der Waals surface area contributed by atoms with Crippen LogP contribution in [0.2, 0.25) is 5.02 Å². The third-order valence-electron chi connectivity index (χ3n) is 3.38. The number of ether oxygens (including phenoxy) is 1. The first kappa shape index (κ1) is 17.4. The van der Waals surface area contributed by atoms with Crippen LogP contribution in [0.25, 0.3) is 11.1 Å². The molecule has 0 aliphatic carbocycles. The number of fused-ring (bicyclic) bond motifs is 1. The van der Waals surface area contributed by atoms with Crippen molar-refractivity contribution in [2.24, 2.45) is 0 Å². The van der Waals surface area contributed by atoms with Crippen LogP contribution >= 0.6 is 11.6 Å². The fourth-order valence-corrected chi connectivity index (χ4v) is 2.36. The van der Waals surface area contributed by atoms with E-state index in [1.54, 1.807) is 6.07 Å². The summed E-state index contributed by atoms with van der Waals surface area (Å²) in [5, 5.41) is 11.5. The van der Waals surface area contributed by atoms with Crippen LogP contribution in [0.4, 0.5) is 5.69 Å². The van der Waals surface area contributed by atoms with Gasteiger partial charge in [0, 0.05) is 5.69 Å². The molecule has 3 aromatic rings. The molecule has 132 valence electrons. The molecule has 0 radical (unpaired) electrons. The summed E-state index contributed by atoms with van der Waals surface area (Å²) in [6.07, 6.45) is 1.25. The number of esters is 1. The summed E-state index contributed by atoms with van der Waals surface area (Å²) in [5.41, 5.74) is 1.29. The van der Waals surface area contributed by atoms with Crippen LogP contribution in [0.3, 0.4) is 0 Å². The number of hydrogen-bond acceptors (Lipinski definition) is 6. The van der Waals surface area contributed by atoms with Crippen molar-refractivity contribution in [3.8, 4) is 0 Å². The number of carboxylic acids is 1. The van der Waals surface area contributed by atoms with E-state index in [1.165, 1.54) is 36.7 Å². The standard InChI is InChI=1S/C17H11ClN2O6/c18-12-3-2-10(6-11(12)16(22)23)20-15(21)7-25-17(24)9-1-4-13-14(5-9)26-8-19-13/h1-6,8H,7H2,(H,20,21)(H,22,23). The Kier molecular flexibility index (Phi) is 4.85. The Morgan fingerprint density at radius 3 is 2.77 bits per heavy atom. The number of benzene rings is 2. The second-order valence-corrected chi connectivity index (χ2v) is 5.57. The molecule has 0 aliphatic heterocycles. The van der Waals surface area contributed by atoms with Gasteiger partial charge in [-0.1, -0.05) is 11.6 Å². The van der Waals surface area contributed by atoms with E-state index in [1.807, 2.05) is 0 Å². The highest BCUT2D eigenvalue weighted by atomic mass is 35.5. The number of aromatic nitrogens is 1. The molecule has 0 fully saturated rings. The number of nitrogens with one attached hydrogen (secondary N) is 1. The summed E-state index contributed by atoms with van der Waals surface area (Å²) < 4.78 is 10.0. The number of oxazole rings is 1. The van der Waals surface area contributed by atoms with Gasteiger partial charge in [0.05, 0.1) is 16.1 Å². The van der Waals surface area contributed by atoms with Crippen LogP contribution in [-0.4, -0.2) is 34.5 Å². The summed E-state index contributed by atoms with van der Waals surface area (Å²) in [5.74, 6) is -2.56. The van der Waals surface area contributed by atoms with Crippen molar-refractivity contribution < 1.29 is 28.6 Å². The average molecular weight is 375 g/mol. The van der Waals surface area contributed by atoms with E-state index in [-0.39, 0.29) is 21.8 Å². The van der Waals surface area contributed by atoms with Crippen LogP contribution in [0.15, 0.2) is 47.2 Å². The highest BCUT2D eigenvalue weighted by Gasteiger charge is 2.14. The molecule has 3 rings (SSSR count). The Morgan fingerprint density at radius 1 is 1.19 bits per heavy atom. The molecule has 0 saturated heterocycles. The maximum Gasteiger partial charge on any atom is 0.338 e. The molecular formula is C17H11ClN2O6. The zero-order valence-corrected chi connectivity index (χ0v) is 13.8. The first-order chi connectivity index (χ1) is 12.4. The van der Waals surface area contributed by atoms with Crippen molar-refractivity contribution in [1.82, 2.24) is 4.98 Å². The molecule has 0 spiro atoms. The van der Waals surface area contributed by atoms with Gasteiger partial charge in [0.2, 0.25) is 0 Å².